The van der Waals surface area contributed by atoms with Gasteiger partial charge in [0.05, 0.1) is 17.6 Å². The van der Waals surface area contributed by atoms with Crippen LogP contribution in [0, 0.1) is 11.3 Å². The highest BCUT2D eigenvalue weighted by atomic mass is 35.5. The van der Waals surface area contributed by atoms with E-state index in [0.717, 1.165) is 31.2 Å². The number of aromatic nitrogens is 4. The van der Waals surface area contributed by atoms with Crippen molar-refractivity contribution in [3.05, 3.63) is 53.3 Å². The summed E-state index contributed by atoms with van der Waals surface area (Å²) in [5.41, 5.74) is -2.29. The van der Waals surface area contributed by atoms with Crippen LogP contribution in [0.2, 0.25) is 5.15 Å². The molecule has 0 radical (unpaired) electrons. The number of ether oxygens (including phenoxy) is 2. The van der Waals surface area contributed by atoms with Gasteiger partial charge in [-0.2, -0.15) is 13.2 Å². The zero-order chi connectivity index (χ0) is 36.3. The van der Waals surface area contributed by atoms with Crippen molar-refractivity contribution < 1.29 is 32.2 Å². The molecule has 2 N–H and O–H groups in total. The Hall–Kier alpha value is -3.72. The number of likely N-dealkylation sites (tertiary alicyclic amines) is 1. The van der Waals surface area contributed by atoms with E-state index in [1.54, 1.807) is 18.3 Å². The Kier molecular flexibility index (Phi) is 11.2. The van der Waals surface area contributed by atoms with Gasteiger partial charge in [-0.15, -0.1) is 5.10 Å². The van der Waals surface area contributed by atoms with Gasteiger partial charge in [-0.25, -0.2) is 19.4 Å². The van der Waals surface area contributed by atoms with Crippen LogP contribution in [0.1, 0.15) is 83.5 Å². The monoisotopic (exact) mass is 737 g/mol. The van der Waals surface area contributed by atoms with Crippen molar-refractivity contribution in [2.75, 3.05) is 25.0 Å². The fourth-order valence-electron chi connectivity index (χ4n) is 5.96. The Morgan fingerprint density at radius 1 is 1.10 bits per heavy atom. The van der Waals surface area contributed by atoms with Crippen LogP contribution in [0.5, 0.6) is 5.88 Å². The molecule has 1 aliphatic carbocycles. The fraction of sp³-hybridized carbons (Fsp3) is 0.559. The van der Waals surface area contributed by atoms with Gasteiger partial charge in [-0.1, -0.05) is 17.7 Å². The number of alkyl halides is 3. The maximum Gasteiger partial charge on any atom is 0.410 e. The number of hydrogen-bond acceptors (Lipinski definition) is 9. The molecule has 50 heavy (non-hydrogen) atoms. The number of halogens is 4. The fourth-order valence-corrected chi connectivity index (χ4v) is 6.79. The summed E-state index contributed by atoms with van der Waals surface area (Å²) in [6, 6.07) is 10.0. The summed E-state index contributed by atoms with van der Waals surface area (Å²) < 4.78 is 54.6. The first-order valence-corrected chi connectivity index (χ1v) is 17.8. The summed E-state index contributed by atoms with van der Waals surface area (Å²) >= 11 is 7.38. The third-order valence-electron chi connectivity index (χ3n) is 8.80. The summed E-state index contributed by atoms with van der Waals surface area (Å²) in [6.45, 7) is 11.0. The standard InChI is InChI=1S/C34H43ClF3N7O4S/c1-31(2,3)49-30(47)44-21-22(20-32(44,4)5)8-7-17-39-24-9-6-10-27(40-24)50-43-29(46)23-11-12-25(41-28(23)35)45-18-13-26(42-45)48-19-16-33(14-15-33)34(36,37)38/h6,9-13,18,22H,7-8,14-17,19-21H2,1-5H3,(H,39,40)(H,43,46). The lowest BCUT2D eigenvalue weighted by Gasteiger charge is -2.33. The first-order valence-electron chi connectivity index (χ1n) is 16.6. The lowest BCUT2D eigenvalue weighted by atomic mass is 9.93. The van der Waals surface area contributed by atoms with E-state index >= 15 is 0 Å². The Morgan fingerprint density at radius 2 is 1.86 bits per heavy atom. The third kappa shape index (κ3) is 9.53. The lowest BCUT2D eigenvalue weighted by molar-refractivity contribution is -0.190. The van der Waals surface area contributed by atoms with Crippen LogP contribution in [0.15, 0.2) is 47.6 Å². The van der Waals surface area contributed by atoms with Gasteiger partial charge >= 0.3 is 12.3 Å². The molecule has 2 amide bonds. The Balaban J connectivity index is 1.05. The zero-order valence-electron chi connectivity index (χ0n) is 28.8. The van der Waals surface area contributed by atoms with Crippen molar-refractivity contribution >= 4 is 41.4 Å². The summed E-state index contributed by atoms with van der Waals surface area (Å²) in [4.78, 5) is 36.3. The Morgan fingerprint density at radius 3 is 2.54 bits per heavy atom. The zero-order valence-corrected chi connectivity index (χ0v) is 30.3. The van der Waals surface area contributed by atoms with Crippen LogP contribution in [0.4, 0.5) is 23.8 Å². The van der Waals surface area contributed by atoms with Crippen molar-refractivity contribution in [2.24, 2.45) is 11.3 Å². The van der Waals surface area contributed by atoms with Crippen molar-refractivity contribution in [1.82, 2.24) is 29.4 Å². The second kappa shape index (κ2) is 14.9. The molecule has 3 aromatic heterocycles. The molecule has 0 bridgehead atoms. The molecule has 11 nitrogen and oxygen atoms in total. The largest absolute Gasteiger partial charge is 0.477 e. The molecule has 5 rings (SSSR count). The van der Waals surface area contributed by atoms with Gasteiger partial charge in [-0.3, -0.25) is 9.52 Å². The van der Waals surface area contributed by atoms with E-state index in [1.165, 1.54) is 16.8 Å². The third-order valence-corrected chi connectivity index (χ3v) is 9.82. The molecule has 1 saturated carbocycles. The minimum atomic E-state index is -4.23. The van der Waals surface area contributed by atoms with E-state index in [2.05, 4.69) is 39.0 Å². The quantitative estimate of drug-likeness (QED) is 0.102. The predicted octanol–water partition coefficient (Wildman–Crippen LogP) is 8.09. The molecule has 1 unspecified atom stereocenters. The van der Waals surface area contributed by atoms with E-state index < -0.39 is 23.1 Å². The van der Waals surface area contributed by atoms with E-state index in [1.807, 2.05) is 37.8 Å². The molecule has 1 atom stereocenters. The number of nitrogens with one attached hydrogen (secondary N) is 2. The van der Waals surface area contributed by atoms with Gasteiger partial charge in [0.15, 0.2) is 5.82 Å². The minimum Gasteiger partial charge on any atom is -0.477 e. The Labute approximate surface area is 299 Å². The molecule has 272 valence electrons. The normalized spacial score (nSPS) is 18.1. The summed E-state index contributed by atoms with van der Waals surface area (Å²) in [5, 5.41) is 8.06. The average molecular weight is 738 g/mol. The van der Waals surface area contributed by atoms with Crippen LogP contribution >= 0.6 is 23.5 Å². The number of carbonyl (C=O) groups excluding carboxylic acids is 2. The van der Waals surface area contributed by atoms with E-state index in [4.69, 9.17) is 21.1 Å². The number of hydrogen-bond donors (Lipinski definition) is 2. The number of rotatable bonds is 13. The number of anilines is 1. The maximum absolute atomic E-state index is 13.1. The Bertz CT molecular complexity index is 1680. The van der Waals surface area contributed by atoms with Crippen molar-refractivity contribution in [3.8, 4) is 11.7 Å². The van der Waals surface area contributed by atoms with Gasteiger partial charge < -0.3 is 19.7 Å². The molecule has 1 saturated heterocycles. The first-order chi connectivity index (χ1) is 23.4. The molecule has 2 aliphatic rings. The highest BCUT2D eigenvalue weighted by molar-refractivity contribution is 7.97. The highest BCUT2D eigenvalue weighted by Crippen LogP contribution is 2.59. The SMILES string of the molecule is CC(C)(C)OC(=O)N1CC(CCCNc2cccc(SNC(=O)c3ccc(-n4ccc(OCCC5(C(F)(F)F)CC5)n4)nc3Cl)n2)CC1(C)C. The topological polar surface area (TPSA) is 124 Å². The van der Waals surface area contributed by atoms with Crippen molar-refractivity contribution in [1.29, 1.82) is 0 Å². The van der Waals surface area contributed by atoms with Crippen LogP contribution in [0.25, 0.3) is 5.82 Å². The van der Waals surface area contributed by atoms with Gasteiger partial charge in [-0.05, 0) is 103 Å². The van der Waals surface area contributed by atoms with Crippen LogP contribution in [0.3, 0.4) is 0 Å². The van der Waals surface area contributed by atoms with Crippen LogP contribution in [-0.4, -0.2) is 73.7 Å². The van der Waals surface area contributed by atoms with Gasteiger partial charge in [0.25, 0.3) is 5.91 Å². The lowest BCUT2D eigenvalue weighted by Crippen LogP contribution is -2.45. The summed E-state index contributed by atoms with van der Waals surface area (Å²) in [5.74, 6) is 1.05. The second-order valence-electron chi connectivity index (χ2n) is 14.4. The summed E-state index contributed by atoms with van der Waals surface area (Å²) in [7, 11) is 0. The van der Waals surface area contributed by atoms with E-state index in [9.17, 15) is 22.8 Å². The summed E-state index contributed by atoms with van der Waals surface area (Å²) in [6.07, 6.45) is -0.0717. The van der Waals surface area contributed by atoms with E-state index in [-0.39, 0.29) is 54.1 Å². The van der Waals surface area contributed by atoms with E-state index in [0.29, 0.717) is 35.7 Å². The van der Waals surface area contributed by atoms with Crippen LogP contribution < -0.4 is 14.8 Å². The molecule has 0 spiro atoms. The molecule has 4 heterocycles. The first kappa shape index (κ1) is 37.5. The molecule has 0 aromatic carbocycles. The van der Waals surface area contributed by atoms with Gasteiger partial charge in [0.2, 0.25) is 5.88 Å². The molecule has 2 fully saturated rings. The predicted molar refractivity (Wildman–Crippen MR) is 185 cm³/mol. The highest BCUT2D eigenvalue weighted by Gasteiger charge is 2.62. The van der Waals surface area contributed by atoms with Crippen LogP contribution in [-0.2, 0) is 4.74 Å². The smallest absolute Gasteiger partial charge is 0.410 e. The molecule has 1 aliphatic heterocycles. The molecule has 16 heteroatoms. The molecular formula is C34H43ClF3N7O4S. The van der Waals surface area contributed by atoms with Gasteiger partial charge in [0, 0.05) is 42.8 Å². The van der Waals surface area contributed by atoms with Crippen molar-refractivity contribution in [2.45, 2.75) is 95.5 Å². The number of carbonyl (C=O) groups is 2. The average Bonchev–Trinajstić information content (AvgIpc) is 3.57. The molecule has 3 aromatic rings. The number of pyridine rings is 2. The number of amides is 2. The second-order valence-corrected chi connectivity index (χ2v) is 15.6. The number of nitrogens with zero attached hydrogens (tertiary/aromatic N) is 5. The minimum absolute atomic E-state index is 0.0531. The maximum atomic E-state index is 13.1. The van der Waals surface area contributed by atoms with Crippen molar-refractivity contribution in [3.63, 3.8) is 0 Å². The van der Waals surface area contributed by atoms with Gasteiger partial charge in [0.1, 0.15) is 21.6 Å². The molecular weight excluding hydrogens is 695 g/mol.